The molecule has 0 bridgehead atoms. The minimum atomic E-state index is -0.856. The van der Waals surface area contributed by atoms with E-state index in [1.807, 2.05) is 13.8 Å². The molecule has 0 amide bonds. The van der Waals surface area contributed by atoms with Crippen LogP contribution in [0.25, 0.3) is 0 Å². The number of carboxylic acids is 1. The van der Waals surface area contributed by atoms with Crippen LogP contribution < -0.4 is 16.3 Å². The molecule has 18 heavy (non-hydrogen) atoms. The van der Waals surface area contributed by atoms with Crippen LogP contribution in [-0.4, -0.2) is 38.6 Å². The highest BCUT2D eigenvalue weighted by Gasteiger charge is 2.04. The minimum absolute atomic E-state index is 0.0628. The number of carboxylic acid groups (broad SMARTS) is 1. The lowest BCUT2D eigenvalue weighted by Crippen LogP contribution is -2.21. The molecular weight excluding hydrogens is 238 g/mol. The number of anilines is 2. The van der Waals surface area contributed by atoms with Gasteiger partial charge in [0.1, 0.15) is 0 Å². The topological polar surface area (TPSA) is 120 Å². The van der Waals surface area contributed by atoms with Gasteiger partial charge in [0, 0.05) is 19.0 Å². The van der Waals surface area contributed by atoms with Crippen molar-refractivity contribution in [3.63, 3.8) is 0 Å². The van der Waals surface area contributed by atoms with E-state index in [9.17, 15) is 9.59 Å². The Hall–Kier alpha value is -2.12. The van der Waals surface area contributed by atoms with Crippen LogP contribution in [0.1, 0.15) is 26.7 Å². The molecule has 0 aromatic carbocycles. The normalized spacial score (nSPS) is 10.4. The molecule has 8 heteroatoms. The first-order valence-electron chi connectivity index (χ1n) is 5.68. The Morgan fingerprint density at radius 2 is 2.17 bits per heavy atom. The van der Waals surface area contributed by atoms with Crippen molar-refractivity contribution in [2.75, 3.05) is 17.2 Å². The van der Waals surface area contributed by atoms with E-state index >= 15 is 0 Å². The molecule has 0 saturated carbocycles. The van der Waals surface area contributed by atoms with Gasteiger partial charge < -0.3 is 15.7 Å². The van der Waals surface area contributed by atoms with Crippen molar-refractivity contribution in [3.05, 3.63) is 10.5 Å². The summed E-state index contributed by atoms with van der Waals surface area (Å²) in [4.78, 5) is 31.7. The molecule has 100 valence electrons. The summed E-state index contributed by atoms with van der Waals surface area (Å²) >= 11 is 0. The molecule has 8 nitrogen and oxygen atoms in total. The van der Waals surface area contributed by atoms with E-state index in [2.05, 4.69) is 25.6 Å². The molecule has 0 unspecified atom stereocenters. The fraction of sp³-hybridized carbons (Fsp3) is 0.600. The molecule has 0 aliphatic carbocycles. The van der Waals surface area contributed by atoms with E-state index in [0.29, 0.717) is 18.9 Å². The summed E-state index contributed by atoms with van der Waals surface area (Å²) < 4.78 is 0. The van der Waals surface area contributed by atoms with E-state index in [-0.39, 0.29) is 18.4 Å². The number of nitrogens with zero attached hydrogens (tertiary/aromatic N) is 2. The highest BCUT2D eigenvalue weighted by molar-refractivity contribution is 5.66. The highest BCUT2D eigenvalue weighted by Crippen LogP contribution is 2.01. The maximum Gasteiger partial charge on any atom is 0.350 e. The predicted molar refractivity (Wildman–Crippen MR) is 66.8 cm³/mol. The smallest absolute Gasteiger partial charge is 0.350 e. The molecule has 4 N–H and O–H groups in total. The number of rotatable bonds is 7. The minimum Gasteiger partial charge on any atom is -0.481 e. The van der Waals surface area contributed by atoms with Crippen LogP contribution in [0, 0.1) is 0 Å². The van der Waals surface area contributed by atoms with Gasteiger partial charge in [0.2, 0.25) is 11.9 Å². The number of nitrogens with one attached hydrogen (secondary N) is 3. The molecule has 0 spiro atoms. The second-order valence-corrected chi connectivity index (χ2v) is 4.05. The van der Waals surface area contributed by atoms with Gasteiger partial charge in [0.15, 0.2) is 0 Å². The summed E-state index contributed by atoms with van der Waals surface area (Å²) in [6, 6.07) is 0.135. The van der Waals surface area contributed by atoms with E-state index in [0.717, 1.165) is 0 Å². The van der Waals surface area contributed by atoms with Crippen LogP contribution in [0.4, 0.5) is 11.9 Å². The number of aliphatic carboxylic acids is 1. The summed E-state index contributed by atoms with van der Waals surface area (Å²) in [5.41, 5.74) is -0.506. The van der Waals surface area contributed by atoms with Gasteiger partial charge in [-0.3, -0.25) is 9.78 Å². The lowest BCUT2D eigenvalue weighted by molar-refractivity contribution is -0.137. The van der Waals surface area contributed by atoms with Gasteiger partial charge >= 0.3 is 11.7 Å². The van der Waals surface area contributed by atoms with Crippen LogP contribution in [0.3, 0.4) is 0 Å². The number of aromatic amines is 1. The Morgan fingerprint density at radius 1 is 1.44 bits per heavy atom. The van der Waals surface area contributed by atoms with Gasteiger partial charge in [-0.25, -0.2) is 4.79 Å². The number of hydrogen-bond acceptors (Lipinski definition) is 6. The molecule has 1 aromatic heterocycles. The third-order valence-corrected chi connectivity index (χ3v) is 1.93. The number of H-pyrrole nitrogens is 1. The lowest BCUT2D eigenvalue weighted by Gasteiger charge is -2.09. The molecule has 0 saturated heterocycles. The Labute approximate surface area is 104 Å². The predicted octanol–water partition coefficient (Wildman–Crippen LogP) is 0.262. The first-order valence-corrected chi connectivity index (χ1v) is 5.68. The molecule has 0 aliphatic rings. The van der Waals surface area contributed by atoms with E-state index in [4.69, 9.17) is 5.11 Å². The van der Waals surface area contributed by atoms with Crippen molar-refractivity contribution in [3.8, 4) is 0 Å². The molecule has 1 rings (SSSR count). The second kappa shape index (κ2) is 6.58. The standard InChI is InChI=1S/C10H17N5O3/c1-6(2)12-9-13-8(14-10(18)15-9)11-5-3-4-7(16)17/h6H,3-5H2,1-2H3,(H,16,17)(H3,11,12,13,14,15,18). The zero-order chi connectivity index (χ0) is 13.5. The van der Waals surface area contributed by atoms with E-state index in [1.165, 1.54) is 0 Å². The van der Waals surface area contributed by atoms with Crippen LogP contribution in [0.5, 0.6) is 0 Å². The molecule has 0 radical (unpaired) electrons. The Kier molecular flexibility index (Phi) is 5.09. The summed E-state index contributed by atoms with van der Waals surface area (Å²) in [5, 5.41) is 14.2. The van der Waals surface area contributed by atoms with Gasteiger partial charge in [-0.2, -0.15) is 9.97 Å². The number of hydrogen-bond donors (Lipinski definition) is 4. The quantitative estimate of drug-likeness (QED) is 0.516. The molecule has 1 heterocycles. The third kappa shape index (κ3) is 5.28. The summed E-state index contributed by atoms with van der Waals surface area (Å²) in [5.74, 6) is -0.330. The van der Waals surface area contributed by atoms with Gasteiger partial charge in [0.25, 0.3) is 0 Å². The molecule has 0 fully saturated rings. The summed E-state index contributed by atoms with van der Waals surface area (Å²) in [7, 11) is 0. The second-order valence-electron chi connectivity index (χ2n) is 4.05. The van der Waals surface area contributed by atoms with Crippen molar-refractivity contribution < 1.29 is 9.90 Å². The maximum atomic E-state index is 11.3. The Morgan fingerprint density at radius 3 is 2.78 bits per heavy atom. The molecular formula is C10H17N5O3. The molecule has 0 atom stereocenters. The van der Waals surface area contributed by atoms with E-state index in [1.54, 1.807) is 0 Å². The van der Waals surface area contributed by atoms with Gasteiger partial charge in [-0.1, -0.05) is 0 Å². The van der Waals surface area contributed by atoms with Gasteiger partial charge in [-0.05, 0) is 20.3 Å². The number of aromatic nitrogens is 3. The Bertz CT molecular complexity index is 457. The van der Waals surface area contributed by atoms with Crippen molar-refractivity contribution in [2.45, 2.75) is 32.7 Å². The average molecular weight is 255 g/mol. The van der Waals surface area contributed by atoms with Crippen LogP contribution in [0.2, 0.25) is 0 Å². The zero-order valence-corrected chi connectivity index (χ0v) is 10.4. The monoisotopic (exact) mass is 255 g/mol. The summed E-state index contributed by atoms with van der Waals surface area (Å²) in [6.07, 6.45) is 0.506. The molecule has 0 aliphatic heterocycles. The zero-order valence-electron chi connectivity index (χ0n) is 10.4. The number of carbonyl (C=O) groups is 1. The van der Waals surface area contributed by atoms with Crippen molar-refractivity contribution in [2.24, 2.45) is 0 Å². The van der Waals surface area contributed by atoms with E-state index < -0.39 is 11.7 Å². The van der Waals surface area contributed by atoms with Crippen LogP contribution in [-0.2, 0) is 4.79 Å². The van der Waals surface area contributed by atoms with Crippen molar-refractivity contribution >= 4 is 17.9 Å². The van der Waals surface area contributed by atoms with Crippen LogP contribution >= 0.6 is 0 Å². The third-order valence-electron chi connectivity index (χ3n) is 1.93. The van der Waals surface area contributed by atoms with Gasteiger partial charge in [0.05, 0.1) is 0 Å². The largest absolute Gasteiger partial charge is 0.481 e. The first-order chi connectivity index (χ1) is 8.47. The summed E-state index contributed by atoms with van der Waals surface area (Å²) in [6.45, 7) is 4.23. The first kappa shape index (κ1) is 13.9. The van der Waals surface area contributed by atoms with Gasteiger partial charge in [-0.15, -0.1) is 0 Å². The lowest BCUT2D eigenvalue weighted by atomic mass is 10.3. The average Bonchev–Trinajstić information content (AvgIpc) is 2.22. The SMILES string of the molecule is CC(C)Nc1nc(NCCCC(=O)O)nc(=O)[nH]1. The fourth-order valence-corrected chi connectivity index (χ4v) is 1.24. The fourth-order valence-electron chi connectivity index (χ4n) is 1.24. The molecule has 1 aromatic rings. The van der Waals surface area contributed by atoms with Crippen LogP contribution in [0.15, 0.2) is 4.79 Å². The van der Waals surface area contributed by atoms with Crippen molar-refractivity contribution in [1.82, 2.24) is 15.0 Å². The van der Waals surface area contributed by atoms with Crippen molar-refractivity contribution in [1.29, 1.82) is 0 Å². The highest BCUT2D eigenvalue weighted by atomic mass is 16.4. The maximum absolute atomic E-state index is 11.3. The Balaban J connectivity index is 2.57.